The zero-order chi connectivity index (χ0) is 12.8. The fourth-order valence-electron chi connectivity index (χ4n) is 1.19. The smallest absolute Gasteiger partial charge is 0.241 e. The van der Waals surface area contributed by atoms with Crippen LogP contribution in [0.5, 0.6) is 0 Å². The Bertz CT molecular complexity index is 403. The molecule has 1 atom stereocenters. The molecule has 0 aromatic heterocycles. The van der Waals surface area contributed by atoms with Gasteiger partial charge in [0, 0.05) is 8.04 Å². The first kappa shape index (κ1) is 15.3. The monoisotopic (exact) mass is 428 g/mol. The van der Waals surface area contributed by atoms with Crippen LogP contribution in [-0.2, 0) is 4.79 Å². The van der Waals surface area contributed by atoms with E-state index >= 15 is 0 Å². The fourth-order valence-corrected chi connectivity index (χ4v) is 2.52. The Labute approximate surface area is 128 Å². The van der Waals surface area contributed by atoms with Gasteiger partial charge in [0.05, 0.1) is 11.7 Å². The summed E-state index contributed by atoms with van der Waals surface area (Å²) < 4.78 is 1.93. The van der Waals surface area contributed by atoms with Crippen molar-refractivity contribution in [3.8, 4) is 0 Å². The van der Waals surface area contributed by atoms with Crippen LogP contribution in [0.2, 0.25) is 0 Å². The highest BCUT2D eigenvalue weighted by atomic mass is 127. The van der Waals surface area contributed by atoms with Crippen LogP contribution in [0.1, 0.15) is 6.42 Å². The van der Waals surface area contributed by atoms with Gasteiger partial charge >= 0.3 is 0 Å². The van der Waals surface area contributed by atoms with Crippen molar-refractivity contribution in [3.05, 3.63) is 26.2 Å². The van der Waals surface area contributed by atoms with Crippen LogP contribution in [0.3, 0.4) is 0 Å². The van der Waals surface area contributed by atoms with Gasteiger partial charge in [-0.25, -0.2) is 0 Å². The lowest BCUT2D eigenvalue weighted by Gasteiger charge is -2.13. The number of halogens is 2. The summed E-state index contributed by atoms with van der Waals surface area (Å²) >= 11 is 7.29. The van der Waals surface area contributed by atoms with Gasteiger partial charge in [-0.05, 0) is 75.1 Å². The van der Waals surface area contributed by atoms with Crippen molar-refractivity contribution in [2.45, 2.75) is 12.5 Å². The van der Waals surface area contributed by atoms with Gasteiger partial charge < -0.3 is 11.1 Å². The molecule has 0 aliphatic carbocycles. The summed E-state index contributed by atoms with van der Waals surface area (Å²) in [4.78, 5) is 11.8. The summed E-state index contributed by atoms with van der Waals surface area (Å²) in [5.74, 6) is 0.754. The lowest BCUT2D eigenvalue weighted by Crippen LogP contribution is -2.36. The zero-order valence-corrected chi connectivity index (χ0v) is 13.9. The van der Waals surface area contributed by atoms with Crippen molar-refractivity contribution >= 4 is 61.9 Å². The third-order valence-corrected chi connectivity index (χ3v) is 4.16. The number of thioether (sulfide) groups is 1. The number of carbonyl (C=O) groups is 1. The van der Waals surface area contributed by atoms with Crippen LogP contribution in [0.15, 0.2) is 22.7 Å². The van der Waals surface area contributed by atoms with Crippen LogP contribution >= 0.6 is 50.3 Å². The van der Waals surface area contributed by atoms with Gasteiger partial charge in [0.1, 0.15) is 0 Å². The number of anilines is 1. The van der Waals surface area contributed by atoms with Crippen molar-refractivity contribution in [1.82, 2.24) is 0 Å². The lowest BCUT2D eigenvalue weighted by molar-refractivity contribution is -0.117. The van der Waals surface area contributed by atoms with E-state index < -0.39 is 6.04 Å². The molecule has 0 fully saturated rings. The third-order valence-electron chi connectivity index (χ3n) is 2.16. The normalized spacial score (nSPS) is 12.2. The van der Waals surface area contributed by atoms with E-state index in [9.17, 15) is 4.79 Å². The summed E-state index contributed by atoms with van der Waals surface area (Å²) in [6, 6.07) is 5.33. The van der Waals surface area contributed by atoms with Gasteiger partial charge in [-0.1, -0.05) is 0 Å². The molecule has 0 unspecified atom stereocenters. The Hall–Kier alpha value is 0.210. The SMILES string of the molecule is CSCC[C@@H](N)C(=O)Nc1cc(I)ccc1Br. The molecule has 6 heteroatoms. The Morgan fingerprint density at radius 3 is 3.00 bits per heavy atom. The van der Waals surface area contributed by atoms with E-state index in [1.165, 1.54) is 0 Å². The van der Waals surface area contributed by atoms with E-state index in [0.29, 0.717) is 6.42 Å². The molecule has 0 saturated heterocycles. The van der Waals surface area contributed by atoms with Gasteiger partial charge in [0.15, 0.2) is 0 Å². The molecule has 1 aromatic rings. The van der Waals surface area contributed by atoms with Crippen molar-refractivity contribution in [1.29, 1.82) is 0 Å². The van der Waals surface area contributed by atoms with Gasteiger partial charge in [0.25, 0.3) is 0 Å². The van der Waals surface area contributed by atoms with E-state index in [1.54, 1.807) is 11.8 Å². The maximum absolute atomic E-state index is 11.8. The van der Waals surface area contributed by atoms with Gasteiger partial charge in [0.2, 0.25) is 5.91 Å². The highest BCUT2D eigenvalue weighted by Gasteiger charge is 2.14. The van der Waals surface area contributed by atoms with E-state index in [1.807, 2.05) is 24.5 Å². The second-order valence-corrected chi connectivity index (χ2v) is 6.59. The Morgan fingerprint density at radius 2 is 2.35 bits per heavy atom. The Morgan fingerprint density at radius 1 is 1.65 bits per heavy atom. The third kappa shape index (κ3) is 5.15. The number of hydrogen-bond acceptors (Lipinski definition) is 3. The van der Waals surface area contributed by atoms with E-state index in [4.69, 9.17) is 5.73 Å². The maximum Gasteiger partial charge on any atom is 0.241 e. The summed E-state index contributed by atoms with van der Waals surface area (Å²) in [6.45, 7) is 0. The standard InChI is InChI=1S/C11H14BrIN2OS/c1-17-5-4-9(14)11(16)15-10-6-7(13)2-3-8(10)12/h2-3,6,9H,4-5,14H2,1H3,(H,15,16)/t9-/m1/s1. The zero-order valence-electron chi connectivity index (χ0n) is 9.37. The topological polar surface area (TPSA) is 55.1 Å². The second kappa shape index (κ2) is 7.60. The second-order valence-electron chi connectivity index (χ2n) is 3.50. The molecule has 0 radical (unpaired) electrons. The fraction of sp³-hybridized carbons (Fsp3) is 0.364. The number of carbonyl (C=O) groups excluding carboxylic acids is 1. The largest absolute Gasteiger partial charge is 0.324 e. The van der Waals surface area contributed by atoms with Crippen LogP contribution in [0.4, 0.5) is 5.69 Å². The molecule has 3 nitrogen and oxygen atoms in total. The predicted octanol–water partition coefficient (Wildman–Crippen LogP) is 3.07. The van der Waals surface area contributed by atoms with E-state index in [-0.39, 0.29) is 5.91 Å². The lowest BCUT2D eigenvalue weighted by atomic mass is 10.2. The molecule has 0 aliphatic rings. The Kier molecular flexibility index (Phi) is 6.83. The molecule has 0 aliphatic heterocycles. The first-order chi connectivity index (χ1) is 8.04. The average molecular weight is 429 g/mol. The first-order valence-corrected chi connectivity index (χ1v) is 8.31. The van der Waals surface area contributed by atoms with E-state index in [0.717, 1.165) is 19.5 Å². The highest BCUT2D eigenvalue weighted by Crippen LogP contribution is 2.24. The molecule has 1 amide bonds. The summed E-state index contributed by atoms with van der Waals surface area (Å²) in [6.07, 6.45) is 2.69. The quantitative estimate of drug-likeness (QED) is 0.708. The molecular formula is C11H14BrIN2OS. The highest BCUT2D eigenvalue weighted by molar-refractivity contribution is 14.1. The molecule has 94 valence electrons. The summed E-state index contributed by atoms with van der Waals surface area (Å²) in [5.41, 5.74) is 6.56. The van der Waals surface area contributed by atoms with Crippen LogP contribution < -0.4 is 11.1 Å². The number of amides is 1. The molecule has 3 N–H and O–H groups in total. The van der Waals surface area contributed by atoms with Crippen LogP contribution in [0, 0.1) is 3.57 Å². The van der Waals surface area contributed by atoms with Crippen molar-refractivity contribution in [2.75, 3.05) is 17.3 Å². The van der Waals surface area contributed by atoms with Gasteiger partial charge in [-0.2, -0.15) is 11.8 Å². The molecule has 17 heavy (non-hydrogen) atoms. The molecule has 0 heterocycles. The maximum atomic E-state index is 11.8. The molecule has 1 rings (SSSR count). The minimum atomic E-state index is -0.452. The van der Waals surface area contributed by atoms with Crippen molar-refractivity contribution < 1.29 is 4.79 Å². The molecular weight excluding hydrogens is 415 g/mol. The van der Waals surface area contributed by atoms with Crippen molar-refractivity contribution in [3.63, 3.8) is 0 Å². The first-order valence-electron chi connectivity index (χ1n) is 5.05. The number of nitrogens with one attached hydrogen (secondary N) is 1. The van der Waals surface area contributed by atoms with E-state index in [2.05, 4.69) is 43.8 Å². The van der Waals surface area contributed by atoms with Gasteiger partial charge in [-0.15, -0.1) is 0 Å². The number of rotatable bonds is 5. The number of hydrogen-bond donors (Lipinski definition) is 2. The molecule has 1 aromatic carbocycles. The summed E-state index contributed by atoms with van der Waals surface area (Å²) in [5, 5.41) is 2.83. The molecule has 0 bridgehead atoms. The minimum Gasteiger partial charge on any atom is -0.324 e. The molecule has 0 spiro atoms. The number of benzene rings is 1. The minimum absolute atomic E-state index is 0.137. The molecule has 0 saturated carbocycles. The Balaban J connectivity index is 2.64. The summed E-state index contributed by atoms with van der Waals surface area (Å²) in [7, 11) is 0. The van der Waals surface area contributed by atoms with Gasteiger partial charge in [-0.3, -0.25) is 4.79 Å². The average Bonchev–Trinajstić information content (AvgIpc) is 2.30. The van der Waals surface area contributed by atoms with Crippen LogP contribution in [-0.4, -0.2) is 24.0 Å². The number of nitrogens with two attached hydrogens (primary N) is 1. The van der Waals surface area contributed by atoms with Crippen LogP contribution in [0.25, 0.3) is 0 Å². The predicted molar refractivity (Wildman–Crippen MR) is 86.5 cm³/mol. The van der Waals surface area contributed by atoms with Crippen molar-refractivity contribution in [2.24, 2.45) is 5.73 Å².